The number of benzene rings is 1. The first-order chi connectivity index (χ1) is 6.66. The van der Waals surface area contributed by atoms with Crippen molar-refractivity contribution in [1.29, 1.82) is 0 Å². The predicted molar refractivity (Wildman–Crippen MR) is 50.2 cm³/mol. The molecule has 0 aromatic heterocycles. The monoisotopic (exact) mass is 191 g/mol. The number of nitrogens with two attached hydrogens (primary N) is 1. The van der Waals surface area contributed by atoms with Gasteiger partial charge in [0.15, 0.2) is 0 Å². The average Bonchev–Trinajstić information content (AvgIpc) is 2.19. The topological polar surface area (TPSA) is 80.4 Å². The number of carboxylic acids is 1. The minimum Gasteiger partial charge on any atom is -0.477 e. The molecule has 4 heteroatoms. The number of hydrogen-bond acceptors (Lipinski definition) is 3. The van der Waals surface area contributed by atoms with Crippen molar-refractivity contribution in [3.8, 4) is 0 Å². The molecular weight excluding hydrogens is 182 g/mol. The molecule has 1 unspecified atom stereocenters. The van der Waals surface area contributed by atoms with E-state index in [0.29, 0.717) is 5.56 Å². The lowest BCUT2D eigenvalue weighted by molar-refractivity contribution is -0.132. The first-order valence-corrected chi connectivity index (χ1v) is 3.95. The van der Waals surface area contributed by atoms with Gasteiger partial charge in [-0.15, -0.1) is 0 Å². The normalized spacial score (nSPS) is 11.5. The summed E-state index contributed by atoms with van der Waals surface area (Å²) in [5.74, 6) is 0.00516. The Morgan fingerprint density at radius 2 is 1.93 bits per heavy atom. The van der Waals surface area contributed by atoms with Crippen LogP contribution >= 0.6 is 0 Å². The molecule has 0 aliphatic rings. The fraction of sp³-hybridized carbons (Fsp3) is 0.100. The van der Waals surface area contributed by atoms with Gasteiger partial charge in [-0.2, -0.15) is 0 Å². The number of carbonyl (C=O) groups excluding carboxylic acids is 1. The molecule has 0 heterocycles. The Morgan fingerprint density at radius 3 is 2.36 bits per heavy atom. The number of hydrogen-bond donors (Lipinski definition) is 2. The minimum absolute atomic E-state index is 0.462. The van der Waals surface area contributed by atoms with E-state index in [4.69, 9.17) is 10.8 Å². The van der Waals surface area contributed by atoms with Gasteiger partial charge in [-0.25, -0.2) is 9.59 Å². The smallest absolute Gasteiger partial charge is 0.344 e. The van der Waals surface area contributed by atoms with Crippen molar-refractivity contribution in [1.82, 2.24) is 0 Å². The molecule has 0 saturated carbocycles. The average molecular weight is 191 g/mol. The highest BCUT2D eigenvalue weighted by atomic mass is 16.4. The van der Waals surface area contributed by atoms with Gasteiger partial charge in [0.1, 0.15) is 11.5 Å². The summed E-state index contributed by atoms with van der Waals surface area (Å²) in [5, 5.41) is 8.63. The molecule has 0 fully saturated rings. The maximum absolute atomic E-state index is 10.6. The van der Waals surface area contributed by atoms with Crippen molar-refractivity contribution < 1.29 is 14.7 Å². The lowest BCUT2D eigenvalue weighted by Gasteiger charge is -2.08. The van der Waals surface area contributed by atoms with E-state index in [1.165, 1.54) is 5.94 Å². The van der Waals surface area contributed by atoms with E-state index in [0.717, 1.165) is 0 Å². The fourth-order valence-corrected chi connectivity index (χ4v) is 1.07. The summed E-state index contributed by atoms with van der Waals surface area (Å²) < 4.78 is 0. The van der Waals surface area contributed by atoms with E-state index in [9.17, 15) is 9.59 Å². The number of carboxylic acid groups (broad SMARTS) is 1. The van der Waals surface area contributed by atoms with Crippen LogP contribution in [0.25, 0.3) is 0 Å². The van der Waals surface area contributed by atoms with Gasteiger partial charge < -0.3 is 10.8 Å². The van der Waals surface area contributed by atoms with E-state index in [1.54, 1.807) is 30.3 Å². The minimum atomic E-state index is -1.34. The second-order valence-corrected chi connectivity index (χ2v) is 2.71. The second kappa shape index (κ2) is 4.37. The molecule has 0 saturated heterocycles. The van der Waals surface area contributed by atoms with E-state index in [-0.39, 0.29) is 0 Å². The van der Waals surface area contributed by atoms with Crippen LogP contribution in [-0.2, 0) is 9.59 Å². The fourth-order valence-electron chi connectivity index (χ4n) is 1.07. The zero-order valence-corrected chi connectivity index (χ0v) is 7.31. The molecular formula is C10H9NO3. The molecule has 0 aliphatic heterocycles. The van der Waals surface area contributed by atoms with Gasteiger partial charge in [-0.05, 0) is 5.56 Å². The van der Waals surface area contributed by atoms with Crippen LogP contribution in [0.5, 0.6) is 0 Å². The van der Waals surface area contributed by atoms with Gasteiger partial charge in [0, 0.05) is 0 Å². The first kappa shape index (κ1) is 10.2. The summed E-state index contributed by atoms with van der Waals surface area (Å²) in [7, 11) is 0. The third-order valence-electron chi connectivity index (χ3n) is 1.81. The van der Waals surface area contributed by atoms with Crippen molar-refractivity contribution in [2.75, 3.05) is 0 Å². The Labute approximate surface area is 80.7 Å². The highest BCUT2D eigenvalue weighted by Gasteiger charge is 2.19. The molecule has 72 valence electrons. The lowest BCUT2D eigenvalue weighted by atomic mass is 10.0. The van der Waals surface area contributed by atoms with Crippen LogP contribution < -0.4 is 5.73 Å². The lowest BCUT2D eigenvalue weighted by Crippen LogP contribution is -2.19. The van der Waals surface area contributed by atoms with Crippen LogP contribution in [0.4, 0.5) is 0 Å². The van der Waals surface area contributed by atoms with Crippen LogP contribution in [-0.4, -0.2) is 17.0 Å². The van der Waals surface area contributed by atoms with Crippen LogP contribution in [0.3, 0.4) is 0 Å². The summed E-state index contributed by atoms with van der Waals surface area (Å²) in [4.78, 5) is 20.9. The zero-order valence-electron chi connectivity index (χ0n) is 7.31. The van der Waals surface area contributed by atoms with Gasteiger partial charge >= 0.3 is 5.97 Å². The Bertz CT molecular complexity index is 380. The summed E-state index contributed by atoms with van der Waals surface area (Å²) in [6, 6.07) is 7.61. The summed E-state index contributed by atoms with van der Waals surface area (Å²) in [5.41, 5.74) is 5.69. The molecule has 0 aliphatic carbocycles. The maximum atomic E-state index is 10.6. The van der Waals surface area contributed by atoms with Crippen molar-refractivity contribution in [2.24, 2.45) is 5.73 Å². The van der Waals surface area contributed by atoms with Gasteiger partial charge in [0.25, 0.3) is 0 Å². The summed E-state index contributed by atoms with van der Waals surface area (Å²) >= 11 is 0. The van der Waals surface area contributed by atoms with E-state index in [1.807, 2.05) is 0 Å². The Balaban J connectivity index is 3.02. The maximum Gasteiger partial charge on any atom is 0.344 e. The van der Waals surface area contributed by atoms with Crippen molar-refractivity contribution in [3.05, 3.63) is 41.5 Å². The molecule has 1 aromatic carbocycles. The van der Waals surface area contributed by atoms with E-state index in [2.05, 4.69) is 0 Å². The Hall–Kier alpha value is -1.90. The molecule has 0 spiro atoms. The highest BCUT2D eigenvalue weighted by Crippen LogP contribution is 2.16. The van der Waals surface area contributed by atoms with Crippen LogP contribution in [0.1, 0.15) is 11.6 Å². The third-order valence-corrected chi connectivity index (χ3v) is 1.81. The molecule has 0 radical (unpaired) electrons. The Morgan fingerprint density at radius 1 is 1.36 bits per heavy atom. The van der Waals surface area contributed by atoms with Crippen molar-refractivity contribution in [3.63, 3.8) is 0 Å². The molecule has 1 atom stereocenters. The van der Waals surface area contributed by atoms with Gasteiger partial charge in [-0.3, -0.25) is 0 Å². The molecule has 3 N–H and O–H groups in total. The number of carbonyl (C=O) groups is 1. The largest absolute Gasteiger partial charge is 0.477 e. The summed E-state index contributed by atoms with van der Waals surface area (Å²) in [6.45, 7) is 0. The van der Waals surface area contributed by atoms with Gasteiger partial charge in [0.2, 0.25) is 0 Å². The van der Waals surface area contributed by atoms with Crippen LogP contribution in [0.2, 0.25) is 0 Å². The molecule has 1 aromatic rings. The van der Waals surface area contributed by atoms with Gasteiger partial charge in [0.05, 0.1) is 6.04 Å². The molecule has 0 amide bonds. The SMILES string of the molecule is NC(C(=C=O)C(=O)O)c1ccccc1. The molecule has 1 rings (SSSR count). The molecule has 0 bridgehead atoms. The third kappa shape index (κ3) is 2.07. The number of rotatable bonds is 3. The van der Waals surface area contributed by atoms with E-state index < -0.39 is 17.6 Å². The van der Waals surface area contributed by atoms with Gasteiger partial charge in [-0.1, -0.05) is 30.3 Å². The molecule has 4 nitrogen and oxygen atoms in total. The van der Waals surface area contributed by atoms with Crippen LogP contribution in [0.15, 0.2) is 35.9 Å². The van der Waals surface area contributed by atoms with Crippen molar-refractivity contribution >= 4 is 11.9 Å². The van der Waals surface area contributed by atoms with E-state index >= 15 is 0 Å². The second-order valence-electron chi connectivity index (χ2n) is 2.71. The first-order valence-electron chi connectivity index (χ1n) is 3.95. The number of aliphatic carboxylic acids is 1. The Kier molecular flexibility index (Phi) is 3.18. The standard InChI is InChI=1S/C10H9NO3/c11-9(8(6-12)10(13)14)7-4-2-1-3-5-7/h1-5,9H,11H2,(H,13,14). The summed E-state index contributed by atoms with van der Waals surface area (Å²) in [6.07, 6.45) is 0. The quantitative estimate of drug-likeness (QED) is 0.539. The molecule has 14 heavy (non-hydrogen) atoms. The highest BCUT2D eigenvalue weighted by molar-refractivity contribution is 5.96. The van der Waals surface area contributed by atoms with Crippen LogP contribution in [0, 0.1) is 0 Å². The zero-order chi connectivity index (χ0) is 10.6. The van der Waals surface area contributed by atoms with Crippen molar-refractivity contribution in [2.45, 2.75) is 6.04 Å². The predicted octanol–water partition coefficient (Wildman–Crippen LogP) is 0.529.